The van der Waals surface area contributed by atoms with Crippen LogP contribution in [-0.2, 0) is 9.59 Å². The zero-order chi connectivity index (χ0) is 11.5. The maximum atomic E-state index is 11.7. The summed E-state index contributed by atoms with van der Waals surface area (Å²) in [4.78, 5) is 24.8. The molecule has 2 atom stereocenters. The smallest absolute Gasteiger partial charge is 0.239 e. The molecule has 2 unspecified atom stereocenters. The lowest BCUT2D eigenvalue weighted by Gasteiger charge is -2.34. The second-order valence-electron chi connectivity index (χ2n) is 4.42. The van der Waals surface area contributed by atoms with Gasteiger partial charge in [-0.2, -0.15) is 0 Å². The number of rotatable bonds is 1. The lowest BCUT2D eigenvalue weighted by molar-refractivity contribution is -0.148. The van der Waals surface area contributed by atoms with E-state index < -0.39 is 6.10 Å². The van der Waals surface area contributed by atoms with Crippen molar-refractivity contribution in [3.8, 4) is 0 Å². The van der Waals surface area contributed by atoms with Crippen molar-refractivity contribution >= 4 is 23.6 Å². The Balaban J connectivity index is 2.13. The number of aliphatic hydroxyl groups excluding tert-OH is 1. The van der Waals surface area contributed by atoms with Gasteiger partial charge >= 0.3 is 0 Å². The maximum Gasteiger partial charge on any atom is 0.239 e. The van der Waals surface area contributed by atoms with Crippen LogP contribution >= 0.6 is 11.8 Å². The van der Waals surface area contributed by atoms with E-state index in [0.717, 1.165) is 25.7 Å². The largest absolute Gasteiger partial charge is 0.391 e. The molecular weight excluding hydrogens is 226 g/mol. The highest BCUT2D eigenvalue weighted by molar-refractivity contribution is 8.00. The third-order valence-electron chi connectivity index (χ3n) is 3.26. The van der Waals surface area contributed by atoms with Gasteiger partial charge in [0, 0.05) is 0 Å². The molecule has 0 aromatic carbocycles. The number of carbonyl (C=O) groups excluding carboxylic acids is 2. The normalized spacial score (nSPS) is 32.7. The van der Waals surface area contributed by atoms with Gasteiger partial charge in [-0.3, -0.25) is 14.5 Å². The van der Waals surface area contributed by atoms with Gasteiger partial charge in [0.2, 0.25) is 11.8 Å². The van der Waals surface area contributed by atoms with Gasteiger partial charge in [0.1, 0.15) is 0 Å². The zero-order valence-electron chi connectivity index (χ0n) is 9.22. The SMILES string of the molecule is O=C1CSCC(=O)N1C1CCCCCC1O. The first kappa shape index (κ1) is 11.9. The van der Waals surface area contributed by atoms with E-state index in [-0.39, 0.29) is 17.9 Å². The van der Waals surface area contributed by atoms with Crippen molar-refractivity contribution in [2.75, 3.05) is 11.5 Å². The second-order valence-corrected chi connectivity index (χ2v) is 5.41. The van der Waals surface area contributed by atoms with Crippen LogP contribution in [0.4, 0.5) is 0 Å². The van der Waals surface area contributed by atoms with Crippen molar-refractivity contribution < 1.29 is 14.7 Å². The molecule has 2 amide bonds. The molecule has 0 bridgehead atoms. The third-order valence-corrected chi connectivity index (χ3v) is 4.17. The van der Waals surface area contributed by atoms with E-state index in [1.165, 1.54) is 16.7 Å². The molecular formula is C11H17NO3S. The van der Waals surface area contributed by atoms with Crippen LogP contribution in [0.3, 0.4) is 0 Å². The van der Waals surface area contributed by atoms with Gasteiger partial charge in [-0.05, 0) is 12.8 Å². The monoisotopic (exact) mass is 243 g/mol. The summed E-state index contributed by atoms with van der Waals surface area (Å²) < 4.78 is 0. The first-order chi connectivity index (χ1) is 7.70. The Morgan fingerprint density at radius 2 is 1.69 bits per heavy atom. The minimum absolute atomic E-state index is 0.132. The number of carbonyl (C=O) groups is 2. The van der Waals surface area contributed by atoms with Crippen LogP contribution in [0.1, 0.15) is 32.1 Å². The lowest BCUT2D eigenvalue weighted by atomic mass is 10.0. The van der Waals surface area contributed by atoms with Gasteiger partial charge in [0.05, 0.1) is 23.7 Å². The molecule has 90 valence electrons. The molecule has 5 heteroatoms. The quantitative estimate of drug-likeness (QED) is 0.546. The van der Waals surface area contributed by atoms with Crippen LogP contribution < -0.4 is 0 Å². The van der Waals surface area contributed by atoms with Crippen molar-refractivity contribution in [1.82, 2.24) is 4.90 Å². The molecule has 1 aliphatic carbocycles. The number of amides is 2. The van der Waals surface area contributed by atoms with Crippen molar-refractivity contribution in [3.63, 3.8) is 0 Å². The summed E-state index contributed by atoms with van der Waals surface area (Å²) >= 11 is 1.36. The third kappa shape index (κ3) is 2.40. The van der Waals surface area contributed by atoms with Crippen molar-refractivity contribution in [1.29, 1.82) is 0 Å². The summed E-state index contributed by atoms with van der Waals surface area (Å²) in [5, 5.41) is 9.98. The van der Waals surface area contributed by atoms with Gasteiger partial charge in [0.25, 0.3) is 0 Å². The molecule has 2 fully saturated rings. The van der Waals surface area contributed by atoms with Crippen LogP contribution in [0.15, 0.2) is 0 Å². The fourth-order valence-corrected chi connectivity index (χ4v) is 3.17. The second kappa shape index (κ2) is 5.19. The lowest BCUT2D eigenvalue weighted by Crippen LogP contribution is -2.53. The topological polar surface area (TPSA) is 57.6 Å². The molecule has 2 rings (SSSR count). The minimum Gasteiger partial charge on any atom is -0.391 e. The molecule has 16 heavy (non-hydrogen) atoms. The van der Waals surface area contributed by atoms with E-state index in [0.29, 0.717) is 17.9 Å². The van der Waals surface area contributed by atoms with E-state index >= 15 is 0 Å². The first-order valence-corrected chi connectivity index (χ1v) is 6.96. The Bertz CT molecular complexity index is 279. The molecule has 2 aliphatic rings. The molecule has 1 saturated carbocycles. The summed E-state index contributed by atoms with van der Waals surface area (Å²) in [5.41, 5.74) is 0. The van der Waals surface area contributed by atoms with E-state index in [1.54, 1.807) is 0 Å². The molecule has 0 radical (unpaired) electrons. The Morgan fingerprint density at radius 1 is 1.06 bits per heavy atom. The summed E-state index contributed by atoms with van der Waals surface area (Å²) in [7, 11) is 0. The molecule has 0 aromatic heterocycles. The molecule has 0 spiro atoms. The van der Waals surface area contributed by atoms with Gasteiger partial charge < -0.3 is 5.11 Å². The molecule has 0 aromatic rings. The highest BCUT2D eigenvalue weighted by Gasteiger charge is 2.36. The first-order valence-electron chi connectivity index (χ1n) is 5.81. The van der Waals surface area contributed by atoms with Crippen LogP contribution in [0.5, 0.6) is 0 Å². The summed E-state index contributed by atoms with van der Waals surface area (Å²) in [6, 6.07) is -0.275. The Hall–Kier alpha value is -0.550. The van der Waals surface area contributed by atoms with Crippen molar-refractivity contribution in [3.05, 3.63) is 0 Å². The van der Waals surface area contributed by atoms with Gasteiger partial charge in [-0.25, -0.2) is 0 Å². The van der Waals surface area contributed by atoms with Gasteiger partial charge in [0.15, 0.2) is 0 Å². The van der Waals surface area contributed by atoms with Gasteiger partial charge in [-0.15, -0.1) is 11.8 Å². The van der Waals surface area contributed by atoms with E-state index in [1.807, 2.05) is 0 Å². The zero-order valence-corrected chi connectivity index (χ0v) is 10.0. The molecule has 1 heterocycles. The summed E-state index contributed by atoms with van der Waals surface area (Å²) in [5.74, 6) is 0.476. The molecule has 1 N–H and O–H groups in total. The Kier molecular flexibility index (Phi) is 3.86. The van der Waals surface area contributed by atoms with Gasteiger partial charge in [-0.1, -0.05) is 19.3 Å². The molecule has 1 aliphatic heterocycles. The standard InChI is InChI=1S/C11H17NO3S/c13-9-5-3-1-2-4-8(9)12-10(14)6-16-7-11(12)15/h8-9,13H,1-7H2. The van der Waals surface area contributed by atoms with Crippen LogP contribution in [0.25, 0.3) is 0 Å². The van der Waals surface area contributed by atoms with E-state index in [9.17, 15) is 14.7 Å². The predicted octanol–water partition coefficient (Wildman–Crippen LogP) is 0.782. The average molecular weight is 243 g/mol. The van der Waals surface area contributed by atoms with E-state index in [4.69, 9.17) is 0 Å². The Labute approximate surface area is 99.4 Å². The van der Waals surface area contributed by atoms with Crippen LogP contribution in [0, 0.1) is 0 Å². The highest BCUT2D eigenvalue weighted by atomic mass is 32.2. The van der Waals surface area contributed by atoms with Crippen molar-refractivity contribution in [2.24, 2.45) is 0 Å². The number of hydrogen-bond acceptors (Lipinski definition) is 4. The van der Waals surface area contributed by atoms with Crippen molar-refractivity contribution in [2.45, 2.75) is 44.2 Å². The number of nitrogens with zero attached hydrogens (tertiary/aromatic N) is 1. The summed E-state index contributed by atoms with van der Waals surface area (Å²) in [6.45, 7) is 0. The highest BCUT2D eigenvalue weighted by Crippen LogP contribution is 2.25. The van der Waals surface area contributed by atoms with Crippen LogP contribution in [-0.4, -0.2) is 45.5 Å². The molecule has 4 nitrogen and oxygen atoms in total. The number of hydrogen-bond donors (Lipinski definition) is 1. The fraction of sp³-hybridized carbons (Fsp3) is 0.818. The van der Waals surface area contributed by atoms with E-state index in [2.05, 4.69) is 0 Å². The minimum atomic E-state index is -0.529. The maximum absolute atomic E-state index is 11.7. The average Bonchev–Trinajstić information content (AvgIpc) is 2.44. The Morgan fingerprint density at radius 3 is 2.38 bits per heavy atom. The van der Waals surface area contributed by atoms with Crippen LogP contribution in [0.2, 0.25) is 0 Å². The number of aliphatic hydroxyl groups is 1. The summed E-state index contributed by atoms with van der Waals surface area (Å²) in [6.07, 6.45) is 3.99. The number of thioether (sulfide) groups is 1. The predicted molar refractivity (Wildman–Crippen MR) is 62.1 cm³/mol. The fourth-order valence-electron chi connectivity index (χ4n) is 2.44. The number of imide groups is 1. The molecule has 1 saturated heterocycles.